The van der Waals surface area contributed by atoms with Gasteiger partial charge in [0.1, 0.15) is 15.7 Å². The third-order valence-electron chi connectivity index (χ3n) is 5.56. The van der Waals surface area contributed by atoms with Crippen LogP contribution in [0.3, 0.4) is 0 Å². The monoisotopic (exact) mass is 467 g/mol. The molecule has 0 bridgehead atoms. The second-order valence-electron chi connectivity index (χ2n) is 7.86. The van der Waals surface area contributed by atoms with Gasteiger partial charge in [-0.15, -0.1) is 11.3 Å². The van der Waals surface area contributed by atoms with Crippen LogP contribution in [0.25, 0.3) is 10.6 Å². The van der Waals surface area contributed by atoms with E-state index >= 15 is 0 Å². The lowest BCUT2D eigenvalue weighted by atomic mass is 10.2. The average Bonchev–Trinajstić information content (AvgIpc) is 3.24. The van der Waals surface area contributed by atoms with Crippen LogP contribution in [0.5, 0.6) is 0 Å². The summed E-state index contributed by atoms with van der Waals surface area (Å²) in [5, 5.41) is 0.624. The van der Waals surface area contributed by atoms with Crippen LogP contribution in [0.4, 0.5) is 10.1 Å². The molecule has 1 aliphatic rings. The van der Waals surface area contributed by atoms with Crippen LogP contribution in [0.2, 0.25) is 0 Å². The van der Waals surface area contributed by atoms with E-state index in [9.17, 15) is 14.0 Å². The quantitative estimate of drug-likeness (QED) is 0.545. The van der Waals surface area contributed by atoms with E-state index in [1.165, 1.54) is 29.2 Å². The Morgan fingerprint density at radius 2 is 1.70 bits per heavy atom. The SMILES string of the molecule is Cc1nc(-c2ccc(F)cc2)sc1C(=O)NNC(=O)CCN1CCN(c2ccccc2)CC1. The Hall–Kier alpha value is -3.30. The Labute approximate surface area is 196 Å². The van der Waals surface area contributed by atoms with Crippen molar-refractivity contribution >= 4 is 28.8 Å². The first kappa shape index (κ1) is 22.9. The number of nitrogens with zero attached hydrogens (tertiary/aromatic N) is 3. The highest BCUT2D eigenvalue weighted by Crippen LogP contribution is 2.28. The number of aryl methyl sites for hydroxylation is 1. The van der Waals surface area contributed by atoms with Gasteiger partial charge in [-0.2, -0.15) is 0 Å². The number of halogens is 1. The molecule has 9 heteroatoms. The molecule has 0 atom stereocenters. The van der Waals surface area contributed by atoms with E-state index in [2.05, 4.69) is 37.8 Å². The molecule has 1 saturated heterocycles. The van der Waals surface area contributed by atoms with Crippen molar-refractivity contribution in [2.24, 2.45) is 0 Å². The number of anilines is 1. The molecule has 33 heavy (non-hydrogen) atoms. The highest BCUT2D eigenvalue weighted by Gasteiger charge is 2.19. The number of nitrogens with one attached hydrogen (secondary N) is 2. The van der Waals surface area contributed by atoms with Gasteiger partial charge in [0.15, 0.2) is 0 Å². The van der Waals surface area contributed by atoms with Crippen molar-refractivity contribution in [3.05, 3.63) is 71.0 Å². The number of hydrogen-bond acceptors (Lipinski definition) is 6. The van der Waals surface area contributed by atoms with Crippen LogP contribution in [0.1, 0.15) is 21.8 Å². The fourth-order valence-electron chi connectivity index (χ4n) is 3.70. The van der Waals surface area contributed by atoms with Gasteiger partial charge in [0, 0.05) is 50.4 Å². The maximum atomic E-state index is 13.1. The third kappa shape index (κ3) is 5.94. The molecule has 0 aliphatic carbocycles. The number of carbonyl (C=O) groups excluding carboxylic acids is 2. The molecule has 4 rings (SSSR count). The predicted octanol–water partition coefficient (Wildman–Crippen LogP) is 3.23. The number of para-hydroxylation sites is 1. The van der Waals surface area contributed by atoms with Crippen molar-refractivity contribution in [2.75, 3.05) is 37.6 Å². The number of hydrogen-bond donors (Lipinski definition) is 2. The molecule has 2 amide bonds. The summed E-state index contributed by atoms with van der Waals surface area (Å²) in [5.41, 5.74) is 7.48. The Bertz CT molecular complexity index is 1100. The smallest absolute Gasteiger partial charge is 0.281 e. The zero-order chi connectivity index (χ0) is 23.2. The molecule has 1 fully saturated rings. The largest absolute Gasteiger partial charge is 0.369 e. The van der Waals surface area contributed by atoms with Gasteiger partial charge in [-0.1, -0.05) is 18.2 Å². The fraction of sp³-hybridized carbons (Fsp3) is 0.292. The minimum absolute atomic E-state index is 0.241. The number of benzene rings is 2. The highest BCUT2D eigenvalue weighted by molar-refractivity contribution is 7.17. The van der Waals surface area contributed by atoms with Crippen LogP contribution in [0.15, 0.2) is 54.6 Å². The molecule has 0 unspecified atom stereocenters. The molecule has 0 spiro atoms. The summed E-state index contributed by atoms with van der Waals surface area (Å²) in [6.07, 6.45) is 0.300. The maximum Gasteiger partial charge on any atom is 0.281 e. The van der Waals surface area contributed by atoms with E-state index < -0.39 is 5.91 Å². The Morgan fingerprint density at radius 3 is 2.39 bits per heavy atom. The second-order valence-corrected chi connectivity index (χ2v) is 8.86. The summed E-state index contributed by atoms with van der Waals surface area (Å²) >= 11 is 1.20. The van der Waals surface area contributed by atoms with Gasteiger partial charge in [0.2, 0.25) is 5.91 Å². The zero-order valence-electron chi connectivity index (χ0n) is 18.4. The van der Waals surface area contributed by atoms with Crippen molar-refractivity contribution < 1.29 is 14.0 Å². The molecule has 1 aromatic heterocycles. The first-order chi connectivity index (χ1) is 16.0. The Kier molecular flexibility index (Phi) is 7.31. The molecule has 172 valence electrons. The summed E-state index contributed by atoms with van der Waals surface area (Å²) in [6.45, 7) is 5.99. The number of aromatic nitrogens is 1. The van der Waals surface area contributed by atoms with Gasteiger partial charge in [0.05, 0.1) is 5.69 Å². The molecule has 1 aliphatic heterocycles. The van der Waals surface area contributed by atoms with Crippen LogP contribution in [-0.2, 0) is 4.79 Å². The standard InChI is InChI=1S/C24H26FN5O2S/c1-17-22(33-24(26-17)18-7-9-19(25)10-8-18)23(32)28-27-21(31)11-12-29-13-15-30(16-14-29)20-5-3-2-4-6-20/h2-10H,11-16H2,1H3,(H,27,31)(H,28,32). The number of thiazole rings is 1. The zero-order valence-corrected chi connectivity index (χ0v) is 19.2. The van der Waals surface area contributed by atoms with Crippen molar-refractivity contribution in [1.29, 1.82) is 0 Å². The van der Waals surface area contributed by atoms with E-state index in [4.69, 9.17) is 0 Å². The van der Waals surface area contributed by atoms with Gasteiger partial charge in [-0.3, -0.25) is 25.3 Å². The van der Waals surface area contributed by atoms with Gasteiger partial charge in [0.25, 0.3) is 5.91 Å². The summed E-state index contributed by atoms with van der Waals surface area (Å²) in [7, 11) is 0. The number of piperazine rings is 1. The van der Waals surface area contributed by atoms with E-state index in [0.29, 0.717) is 28.5 Å². The van der Waals surface area contributed by atoms with Crippen LogP contribution in [0, 0.1) is 12.7 Å². The van der Waals surface area contributed by atoms with Crippen LogP contribution >= 0.6 is 11.3 Å². The van der Waals surface area contributed by atoms with Gasteiger partial charge < -0.3 is 4.90 Å². The molecule has 3 aromatic rings. The normalized spacial score (nSPS) is 14.2. The molecular formula is C24H26FN5O2S. The lowest BCUT2D eigenvalue weighted by Crippen LogP contribution is -2.48. The number of carbonyl (C=O) groups is 2. The molecular weight excluding hydrogens is 441 g/mol. The van der Waals surface area contributed by atoms with E-state index in [0.717, 1.165) is 31.7 Å². The molecule has 0 radical (unpaired) electrons. The van der Waals surface area contributed by atoms with Crippen molar-refractivity contribution in [3.8, 4) is 10.6 Å². The maximum absolute atomic E-state index is 13.1. The summed E-state index contributed by atoms with van der Waals surface area (Å²) in [6, 6.07) is 16.3. The molecule has 2 aromatic carbocycles. The Morgan fingerprint density at radius 1 is 1.00 bits per heavy atom. The van der Waals surface area contributed by atoms with E-state index in [-0.39, 0.29) is 11.7 Å². The number of hydrazine groups is 1. The van der Waals surface area contributed by atoms with E-state index in [1.807, 2.05) is 18.2 Å². The fourth-order valence-corrected chi connectivity index (χ4v) is 4.66. The molecule has 7 nitrogen and oxygen atoms in total. The summed E-state index contributed by atoms with van der Waals surface area (Å²) < 4.78 is 13.1. The van der Waals surface area contributed by atoms with Crippen LogP contribution in [-0.4, -0.2) is 54.4 Å². The predicted molar refractivity (Wildman–Crippen MR) is 128 cm³/mol. The van der Waals surface area contributed by atoms with E-state index in [1.54, 1.807) is 19.1 Å². The first-order valence-electron chi connectivity index (χ1n) is 10.8. The molecule has 2 N–H and O–H groups in total. The van der Waals surface area contributed by atoms with Gasteiger partial charge >= 0.3 is 0 Å². The van der Waals surface area contributed by atoms with Crippen molar-refractivity contribution in [3.63, 3.8) is 0 Å². The first-order valence-corrected chi connectivity index (χ1v) is 11.7. The molecule has 0 saturated carbocycles. The lowest BCUT2D eigenvalue weighted by molar-refractivity contribution is -0.122. The topological polar surface area (TPSA) is 77.6 Å². The highest BCUT2D eigenvalue weighted by atomic mass is 32.1. The summed E-state index contributed by atoms with van der Waals surface area (Å²) in [5.74, 6) is -0.983. The van der Waals surface area contributed by atoms with Crippen molar-refractivity contribution in [2.45, 2.75) is 13.3 Å². The molecule has 2 heterocycles. The Balaban J connectivity index is 1.21. The minimum Gasteiger partial charge on any atom is -0.369 e. The van der Waals surface area contributed by atoms with Crippen molar-refractivity contribution in [1.82, 2.24) is 20.7 Å². The van der Waals surface area contributed by atoms with Crippen LogP contribution < -0.4 is 15.8 Å². The average molecular weight is 468 g/mol. The van der Waals surface area contributed by atoms with Gasteiger partial charge in [-0.05, 0) is 43.3 Å². The third-order valence-corrected chi connectivity index (χ3v) is 6.76. The van der Waals surface area contributed by atoms with Gasteiger partial charge in [-0.25, -0.2) is 9.37 Å². The number of amides is 2. The lowest BCUT2D eigenvalue weighted by Gasteiger charge is -2.36. The summed E-state index contributed by atoms with van der Waals surface area (Å²) in [4.78, 5) is 34.2. The number of rotatable bonds is 6. The minimum atomic E-state index is -0.414. The second kappa shape index (κ2) is 10.5.